The zero-order chi connectivity index (χ0) is 53.5. The summed E-state index contributed by atoms with van der Waals surface area (Å²) in [6, 6.07) is 37.4. The third-order valence-corrected chi connectivity index (χ3v) is 13.4. The summed E-state index contributed by atoms with van der Waals surface area (Å²) < 4.78 is 17.3. The Morgan fingerprint density at radius 1 is 0.753 bits per heavy atom. The van der Waals surface area contributed by atoms with Crippen molar-refractivity contribution in [2.75, 3.05) is 38.3 Å². The number of anilines is 1. The predicted octanol–water partition coefficient (Wildman–Crippen LogP) is 10.1. The Morgan fingerprint density at radius 3 is 2.00 bits per heavy atom. The van der Waals surface area contributed by atoms with Crippen molar-refractivity contribution >= 4 is 29.4 Å². The summed E-state index contributed by atoms with van der Waals surface area (Å²) in [6.07, 6.45) is 1.20. The monoisotopic (exact) mass is 997 g/mol. The smallest absolute Gasteiger partial charge is 0.407 e. The predicted molar refractivity (Wildman–Crippen MR) is 292 cm³/mol. The number of methoxy groups -OCH3 is 1. The molecule has 4 unspecified atom stereocenters. The van der Waals surface area contributed by atoms with Crippen molar-refractivity contribution in [3.63, 3.8) is 0 Å². The normalized spacial score (nSPS) is 16.1. The number of fused-ring (bicyclic) bond motifs is 5. The number of hydrogen-bond acceptors (Lipinski definition) is 10. The minimum absolute atomic E-state index is 0.00631. The van der Waals surface area contributed by atoms with Gasteiger partial charge in [-0.15, -0.1) is 0 Å². The van der Waals surface area contributed by atoms with E-state index in [0.29, 0.717) is 37.6 Å². The van der Waals surface area contributed by atoms with E-state index < -0.39 is 17.3 Å². The van der Waals surface area contributed by atoms with Gasteiger partial charge >= 0.3 is 6.09 Å². The highest BCUT2D eigenvalue weighted by Crippen LogP contribution is 2.45. The van der Waals surface area contributed by atoms with Crippen LogP contribution in [0.3, 0.4) is 0 Å². The number of nitrogens with zero attached hydrogens (tertiary/aromatic N) is 1. The number of hydrogen-bond donors (Lipinski definition) is 5. The van der Waals surface area contributed by atoms with Gasteiger partial charge in [0.1, 0.15) is 12.4 Å². The van der Waals surface area contributed by atoms with Gasteiger partial charge in [0.2, 0.25) is 5.91 Å². The van der Waals surface area contributed by atoms with Gasteiger partial charge in [-0.2, -0.15) is 0 Å². The zero-order valence-corrected chi connectivity index (χ0v) is 45.0. The average Bonchev–Trinajstić information content (AvgIpc) is 3.70. The molecule has 0 saturated carbocycles. The van der Waals surface area contributed by atoms with Crippen molar-refractivity contribution in [3.05, 3.63) is 160 Å². The van der Waals surface area contributed by atoms with E-state index in [1.165, 1.54) is 12.5 Å². The maximum atomic E-state index is 13.8. The first-order chi connectivity index (χ1) is 34.8. The second-order valence-corrected chi connectivity index (χ2v) is 20.4. The van der Waals surface area contributed by atoms with E-state index in [9.17, 15) is 19.2 Å². The summed E-state index contributed by atoms with van der Waals surface area (Å²) in [4.78, 5) is 53.1. The highest BCUT2D eigenvalue weighted by Gasteiger charge is 2.33. The molecule has 0 spiro atoms. The molecule has 13 heteroatoms. The Morgan fingerprint density at radius 2 is 1.36 bits per heavy atom. The summed E-state index contributed by atoms with van der Waals surface area (Å²) in [5.74, 6) is 6.15. The first-order valence-electron chi connectivity index (χ1n) is 25.7. The quantitative estimate of drug-likeness (QED) is 0.0418. The number of benzene rings is 5. The summed E-state index contributed by atoms with van der Waals surface area (Å²) in [5.41, 5.74) is 18.5. The van der Waals surface area contributed by atoms with Crippen molar-refractivity contribution in [1.82, 2.24) is 16.1 Å². The molecule has 0 fully saturated rings. The summed E-state index contributed by atoms with van der Waals surface area (Å²) >= 11 is 0. The van der Waals surface area contributed by atoms with Gasteiger partial charge in [0.25, 0.3) is 5.91 Å². The van der Waals surface area contributed by atoms with Crippen molar-refractivity contribution < 1.29 is 33.4 Å². The number of ether oxygens (including phenoxy) is 3. The Balaban J connectivity index is 0.000000466. The second kappa shape index (κ2) is 26.6. The summed E-state index contributed by atoms with van der Waals surface area (Å²) in [6.45, 7) is 21.0. The molecule has 13 nitrogen and oxygen atoms in total. The molecule has 5 aromatic carbocycles. The molecule has 7 N–H and O–H groups in total. The van der Waals surface area contributed by atoms with Crippen LogP contribution in [0.5, 0.6) is 0 Å². The highest BCUT2D eigenvalue weighted by atomic mass is 16.6. The lowest BCUT2D eigenvalue weighted by atomic mass is 9.84. The molecule has 1 aliphatic heterocycles. The minimum Gasteiger partial charge on any atom is -0.449 e. The molecule has 0 aromatic heterocycles. The van der Waals surface area contributed by atoms with Crippen molar-refractivity contribution in [2.24, 2.45) is 17.5 Å². The van der Waals surface area contributed by atoms with E-state index >= 15 is 0 Å². The minimum atomic E-state index is -0.615. The van der Waals surface area contributed by atoms with Gasteiger partial charge in [-0.1, -0.05) is 132 Å². The van der Waals surface area contributed by atoms with Crippen LogP contribution >= 0.6 is 0 Å². The number of nitrogens with one attached hydrogen (secondary N) is 3. The lowest BCUT2D eigenvalue weighted by molar-refractivity contribution is -0.119. The van der Waals surface area contributed by atoms with E-state index in [4.69, 9.17) is 25.8 Å². The van der Waals surface area contributed by atoms with Crippen LogP contribution in [0.2, 0.25) is 0 Å². The lowest BCUT2D eigenvalue weighted by Crippen LogP contribution is -2.43. The van der Waals surface area contributed by atoms with Crippen LogP contribution in [-0.4, -0.2) is 74.3 Å². The number of hydrazine groups is 1. The Kier molecular flexibility index (Phi) is 21.1. The van der Waals surface area contributed by atoms with E-state index in [-0.39, 0.29) is 61.1 Å². The first kappa shape index (κ1) is 57.7. The van der Waals surface area contributed by atoms with Crippen molar-refractivity contribution in [1.29, 1.82) is 0 Å². The van der Waals surface area contributed by atoms with Crippen LogP contribution in [0.4, 0.5) is 10.5 Å². The third-order valence-electron chi connectivity index (χ3n) is 13.4. The maximum Gasteiger partial charge on any atom is 0.407 e. The number of nitrogens with two attached hydrogens (primary N) is 2. The van der Waals surface area contributed by atoms with Crippen LogP contribution in [0.1, 0.15) is 143 Å². The molecule has 2 aliphatic rings. The van der Waals surface area contributed by atoms with Gasteiger partial charge in [0, 0.05) is 49.7 Å². The van der Waals surface area contributed by atoms with Gasteiger partial charge in [0.15, 0.2) is 0 Å². The number of carbonyl (C=O) groups excluding carboxylic acids is 4. The molecule has 1 heterocycles. The van der Waals surface area contributed by atoms with Crippen molar-refractivity contribution in [2.45, 2.75) is 130 Å². The van der Waals surface area contributed by atoms with Crippen LogP contribution in [0.15, 0.2) is 115 Å². The fourth-order valence-corrected chi connectivity index (χ4v) is 9.06. The number of alkyl carbamates (subject to hydrolysis) is 1. The van der Waals surface area contributed by atoms with E-state index in [1.54, 1.807) is 12.0 Å². The topological polar surface area (TPSA) is 187 Å². The number of Topliss-reactive ketones (excluding diaryl/α,β-unsaturated/α-hetero) is 1. The summed E-state index contributed by atoms with van der Waals surface area (Å²) in [7, 11) is 1.64. The number of amides is 3. The average molecular weight is 997 g/mol. The van der Waals surface area contributed by atoms with Crippen LogP contribution in [0, 0.1) is 5.92 Å². The molecule has 0 radical (unpaired) electrons. The molecular weight excluding hydrogens is 917 g/mol. The molecule has 7 rings (SSSR count). The SMILES string of the molecule is CC.CC(=O)C(N)Cc1ccc(CC(C)C)cc1.COC(C)(C)COC(C)(C)CNC(=O)c1ccc2c(c1)C(COC(=O)NCCC(=O)N1Cc3ccccc3C(NN)C(C)c3ccccc31)c1ccccc1-2. The number of carbonyl (C=O) groups is 4. The van der Waals surface area contributed by atoms with Gasteiger partial charge in [-0.05, 0) is 122 Å². The second-order valence-electron chi connectivity index (χ2n) is 20.4. The standard InChI is InChI=1S/C44H53N5O6.C14H21NO.C2H6/c1-28-31-14-11-12-18-38(31)49(24-30-13-7-8-15-32(30)40(28)48-45)39(50)21-22-46-42(52)54-25-37-34-17-10-9-16-33(34)35-20-19-29(23-36(35)37)41(51)47-26-43(2,3)55-27-44(4,5)53-6;1-10(2)8-12-4-6-13(7-5-12)9-14(15)11(3)16;1-2/h7-20,23,28,37,40,48H,21-22,24-27,45H2,1-6H3,(H,46,52)(H,47,51);4-7,10,14H,8-9,15H2,1-3H3;1-2H3. The van der Waals surface area contributed by atoms with E-state index in [2.05, 4.69) is 61.1 Å². The lowest BCUT2D eigenvalue weighted by Gasteiger charge is -2.35. The zero-order valence-electron chi connectivity index (χ0n) is 45.0. The molecule has 1 aliphatic carbocycles. The van der Waals surface area contributed by atoms with Gasteiger partial charge in [0.05, 0.1) is 36.4 Å². The molecule has 0 saturated heterocycles. The van der Waals surface area contributed by atoms with Gasteiger partial charge < -0.3 is 35.5 Å². The van der Waals surface area contributed by atoms with Crippen LogP contribution < -0.4 is 32.5 Å². The molecule has 3 amide bonds. The Bertz CT molecular complexity index is 2630. The fraction of sp³-hybridized carbons (Fsp3) is 0.433. The van der Waals surface area contributed by atoms with Crippen LogP contribution in [-0.2, 0) is 43.2 Å². The maximum absolute atomic E-state index is 13.8. The molecule has 392 valence electrons. The fourth-order valence-electron chi connectivity index (χ4n) is 9.06. The third kappa shape index (κ3) is 15.6. The molecule has 4 atom stereocenters. The van der Waals surface area contributed by atoms with Gasteiger partial charge in [-0.25, -0.2) is 4.79 Å². The van der Waals surface area contributed by atoms with Gasteiger partial charge in [-0.3, -0.25) is 25.7 Å². The molecular formula is C60H80N6O7. The molecule has 73 heavy (non-hydrogen) atoms. The highest BCUT2D eigenvalue weighted by molar-refractivity contribution is 5.96. The van der Waals surface area contributed by atoms with E-state index in [1.807, 2.05) is 133 Å². The van der Waals surface area contributed by atoms with Crippen LogP contribution in [0.25, 0.3) is 11.1 Å². The first-order valence-corrected chi connectivity index (χ1v) is 25.7. The van der Waals surface area contributed by atoms with E-state index in [0.717, 1.165) is 56.6 Å². The Labute approximate surface area is 434 Å². The largest absolute Gasteiger partial charge is 0.449 e. The number of rotatable bonds is 18. The number of para-hydroxylation sites is 1. The van der Waals surface area contributed by atoms with Crippen molar-refractivity contribution in [3.8, 4) is 11.1 Å². The summed E-state index contributed by atoms with van der Waals surface area (Å²) in [5, 5.41) is 5.80. The number of ketones is 1. The molecule has 5 aromatic rings. The Hall–Kier alpha value is -6.22. The molecule has 0 bridgehead atoms.